The Morgan fingerprint density at radius 3 is 2.87 bits per heavy atom. The van der Waals surface area contributed by atoms with Gasteiger partial charge in [0.2, 0.25) is 10.0 Å². The number of esters is 1. The van der Waals surface area contributed by atoms with E-state index in [0.717, 1.165) is 6.07 Å². The first-order valence-corrected chi connectivity index (χ1v) is 8.71. The normalized spacial score (nSPS) is 19.3. The molecule has 0 unspecified atom stereocenters. The van der Waals surface area contributed by atoms with Crippen LogP contribution in [-0.2, 0) is 19.6 Å². The zero-order valence-corrected chi connectivity index (χ0v) is 13.5. The van der Waals surface area contributed by atoms with Gasteiger partial charge in [0.15, 0.2) is 0 Å². The van der Waals surface area contributed by atoms with Crippen LogP contribution in [0.3, 0.4) is 0 Å². The number of nitro benzene ring substituents is 1. The number of carbonyl (C=O) groups excluding carboxylic acids is 1. The molecule has 0 amide bonds. The van der Waals surface area contributed by atoms with Gasteiger partial charge in [-0.1, -0.05) is 6.07 Å². The predicted octanol–water partition coefficient (Wildman–Crippen LogP) is 1.56. The van der Waals surface area contributed by atoms with Gasteiger partial charge in [-0.15, -0.1) is 0 Å². The smallest absolute Gasteiger partial charge is 0.310 e. The number of nitro groups is 1. The first kappa shape index (κ1) is 17.4. The lowest BCUT2D eigenvalue weighted by Crippen LogP contribution is -2.42. The molecule has 0 N–H and O–H groups in total. The lowest BCUT2D eigenvalue weighted by atomic mass is 10.0. The Hall–Kier alpha value is -2.00. The largest absolute Gasteiger partial charge is 0.466 e. The Balaban J connectivity index is 2.23. The lowest BCUT2D eigenvalue weighted by Gasteiger charge is -2.30. The van der Waals surface area contributed by atoms with E-state index in [2.05, 4.69) is 0 Å². The van der Waals surface area contributed by atoms with Crippen LogP contribution in [0.5, 0.6) is 0 Å². The summed E-state index contributed by atoms with van der Waals surface area (Å²) in [5.41, 5.74) is -0.287. The third-order valence-electron chi connectivity index (χ3n) is 3.67. The number of rotatable bonds is 5. The van der Waals surface area contributed by atoms with Gasteiger partial charge in [0.25, 0.3) is 5.69 Å². The van der Waals surface area contributed by atoms with E-state index in [1.165, 1.54) is 22.5 Å². The van der Waals surface area contributed by atoms with Crippen LogP contribution in [0.1, 0.15) is 19.8 Å². The summed E-state index contributed by atoms with van der Waals surface area (Å²) >= 11 is 0. The van der Waals surface area contributed by atoms with Crippen molar-refractivity contribution in [2.75, 3.05) is 19.7 Å². The highest BCUT2D eigenvalue weighted by atomic mass is 32.2. The van der Waals surface area contributed by atoms with Crippen LogP contribution >= 0.6 is 0 Å². The second kappa shape index (κ2) is 7.05. The number of piperidine rings is 1. The monoisotopic (exact) mass is 342 g/mol. The van der Waals surface area contributed by atoms with Crippen molar-refractivity contribution >= 4 is 21.7 Å². The number of hydrogen-bond acceptors (Lipinski definition) is 6. The maximum Gasteiger partial charge on any atom is 0.310 e. The minimum absolute atomic E-state index is 0.0316. The number of ether oxygens (including phenoxy) is 1. The van der Waals surface area contributed by atoms with E-state index in [-0.39, 0.29) is 30.3 Å². The summed E-state index contributed by atoms with van der Waals surface area (Å²) < 4.78 is 31.4. The molecule has 1 aromatic carbocycles. The first-order valence-electron chi connectivity index (χ1n) is 7.27. The molecule has 126 valence electrons. The minimum atomic E-state index is -3.88. The van der Waals surface area contributed by atoms with Gasteiger partial charge in [0.1, 0.15) is 0 Å². The average molecular weight is 342 g/mol. The molecule has 1 heterocycles. The molecule has 0 spiro atoms. The summed E-state index contributed by atoms with van der Waals surface area (Å²) in [6, 6.07) is 4.91. The number of non-ortho nitro benzene ring substituents is 1. The number of hydrogen-bond donors (Lipinski definition) is 0. The van der Waals surface area contributed by atoms with E-state index < -0.39 is 26.8 Å². The Bertz CT molecular complexity index is 703. The predicted molar refractivity (Wildman–Crippen MR) is 81.2 cm³/mol. The Morgan fingerprint density at radius 2 is 2.22 bits per heavy atom. The van der Waals surface area contributed by atoms with Crippen molar-refractivity contribution < 1.29 is 22.9 Å². The second-order valence-electron chi connectivity index (χ2n) is 5.21. The molecule has 0 saturated carbocycles. The molecule has 0 radical (unpaired) electrons. The van der Waals surface area contributed by atoms with Gasteiger partial charge in [0, 0.05) is 25.2 Å². The fourth-order valence-electron chi connectivity index (χ4n) is 2.52. The topological polar surface area (TPSA) is 107 Å². The highest BCUT2D eigenvalue weighted by molar-refractivity contribution is 7.89. The summed E-state index contributed by atoms with van der Waals surface area (Å²) in [5.74, 6) is -0.913. The summed E-state index contributed by atoms with van der Waals surface area (Å²) in [5, 5.41) is 10.8. The third kappa shape index (κ3) is 3.85. The van der Waals surface area contributed by atoms with Crippen molar-refractivity contribution in [3.8, 4) is 0 Å². The van der Waals surface area contributed by atoms with Crippen LogP contribution in [0.4, 0.5) is 5.69 Å². The molecule has 0 bridgehead atoms. The third-order valence-corrected chi connectivity index (χ3v) is 5.53. The highest BCUT2D eigenvalue weighted by Gasteiger charge is 2.34. The molecule has 1 aliphatic rings. The zero-order chi connectivity index (χ0) is 17.0. The van der Waals surface area contributed by atoms with Crippen LogP contribution in [0, 0.1) is 16.0 Å². The van der Waals surface area contributed by atoms with Crippen molar-refractivity contribution in [1.82, 2.24) is 4.31 Å². The summed E-state index contributed by atoms with van der Waals surface area (Å²) in [6.45, 7) is 2.25. The SMILES string of the molecule is CCOC(=O)[C@@H]1CCCN(S(=O)(=O)c2cccc([N+](=O)[O-])c2)C1. The van der Waals surface area contributed by atoms with Gasteiger partial charge < -0.3 is 4.74 Å². The molecule has 2 rings (SSSR count). The number of nitrogens with zero attached hydrogens (tertiary/aromatic N) is 2. The quantitative estimate of drug-likeness (QED) is 0.456. The number of benzene rings is 1. The van der Waals surface area contributed by atoms with Crippen LogP contribution in [0.15, 0.2) is 29.2 Å². The van der Waals surface area contributed by atoms with Crippen LogP contribution < -0.4 is 0 Å². The van der Waals surface area contributed by atoms with E-state index >= 15 is 0 Å². The van der Waals surface area contributed by atoms with Gasteiger partial charge in [-0.25, -0.2) is 8.42 Å². The zero-order valence-electron chi connectivity index (χ0n) is 12.7. The average Bonchev–Trinajstić information content (AvgIpc) is 2.55. The minimum Gasteiger partial charge on any atom is -0.466 e. The molecule has 23 heavy (non-hydrogen) atoms. The molecule has 0 aromatic heterocycles. The van der Waals surface area contributed by atoms with Crippen LogP contribution in [0.25, 0.3) is 0 Å². The molecule has 1 aromatic rings. The standard InChI is InChI=1S/C14H18N2O6S/c1-2-22-14(17)11-5-4-8-15(10-11)23(20,21)13-7-3-6-12(9-13)16(18)19/h3,6-7,9,11H,2,4-5,8,10H2,1H3/t11-/m1/s1. The van der Waals surface area contributed by atoms with E-state index in [4.69, 9.17) is 4.74 Å². The van der Waals surface area contributed by atoms with Gasteiger partial charge in [0.05, 0.1) is 22.3 Å². The van der Waals surface area contributed by atoms with Crippen molar-refractivity contribution in [1.29, 1.82) is 0 Å². The molecule has 8 nitrogen and oxygen atoms in total. The molecule has 9 heteroatoms. The molecule has 1 saturated heterocycles. The fraction of sp³-hybridized carbons (Fsp3) is 0.500. The van der Waals surface area contributed by atoms with Crippen molar-refractivity contribution in [3.63, 3.8) is 0 Å². The van der Waals surface area contributed by atoms with Gasteiger partial charge in [-0.3, -0.25) is 14.9 Å². The van der Waals surface area contributed by atoms with E-state index in [0.29, 0.717) is 12.8 Å². The highest BCUT2D eigenvalue weighted by Crippen LogP contribution is 2.26. The Labute approximate surface area is 134 Å². The molecule has 1 atom stereocenters. The molecule has 1 fully saturated rings. The number of carbonyl (C=O) groups is 1. The summed E-state index contributed by atoms with van der Waals surface area (Å²) in [4.78, 5) is 21.8. The lowest BCUT2D eigenvalue weighted by molar-refractivity contribution is -0.385. The molecule has 1 aliphatic heterocycles. The molecule has 0 aliphatic carbocycles. The van der Waals surface area contributed by atoms with E-state index in [1.807, 2.05) is 0 Å². The van der Waals surface area contributed by atoms with Crippen molar-refractivity contribution in [2.24, 2.45) is 5.92 Å². The maximum absolute atomic E-state index is 12.6. The summed E-state index contributed by atoms with van der Waals surface area (Å²) in [6.07, 6.45) is 1.11. The number of sulfonamides is 1. The van der Waals surface area contributed by atoms with Gasteiger partial charge >= 0.3 is 5.97 Å². The van der Waals surface area contributed by atoms with Crippen LogP contribution in [-0.4, -0.2) is 43.3 Å². The first-order chi connectivity index (χ1) is 10.9. The molecular weight excluding hydrogens is 324 g/mol. The summed E-state index contributed by atoms with van der Waals surface area (Å²) in [7, 11) is -3.88. The molecular formula is C14H18N2O6S. The fourth-order valence-corrected chi connectivity index (χ4v) is 4.08. The Kier molecular flexibility index (Phi) is 5.32. The van der Waals surface area contributed by atoms with E-state index in [9.17, 15) is 23.3 Å². The van der Waals surface area contributed by atoms with Crippen LogP contribution in [0.2, 0.25) is 0 Å². The van der Waals surface area contributed by atoms with Gasteiger partial charge in [-0.05, 0) is 25.8 Å². The Morgan fingerprint density at radius 1 is 1.48 bits per heavy atom. The second-order valence-corrected chi connectivity index (χ2v) is 7.15. The van der Waals surface area contributed by atoms with E-state index in [1.54, 1.807) is 6.92 Å². The maximum atomic E-state index is 12.6. The van der Waals surface area contributed by atoms with Crippen molar-refractivity contribution in [3.05, 3.63) is 34.4 Å². The van der Waals surface area contributed by atoms with Gasteiger partial charge in [-0.2, -0.15) is 4.31 Å². The van der Waals surface area contributed by atoms with Crippen molar-refractivity contribution in [2.45, 2.75) is 24.7 Å².